The molecule has 10 heteroatoms. The first-order chi connectivity index (χ1) is 21.4. The van der Waals surface area contributed by atoms with E-state index in [-0.39, 0.29) is 17.9 Å². The monoisotopic (exact) mass is 790 g/mol. The zero-order valence-corrected chi connectivity index (χ0v) is 34.9. The summed E-state index contributed by atoms with van der Waals surface area (Å²) in [7, 11) is 0. The van der Waals surface area contributed by atoms with Gasteiger partial charge in [-0.1, -0.05) is 117 Å². The average molecular weight is 790 g/mol. The second-order valence-electron chi connectivity index (χ2n) is 10.4. The fourth-order valence-corrected chi connectivity index (χ4v) is 4.12. The van der Waals surface area contributed by atoms with Crippen molar-refractivity contribution in [3.63, 3.8) is 0 Å². The standard InChI is InChI=1S/3C11H22O2S.CH3.Sn.H/c3*1-2-3-4-5-6-7-8-11(12)13-9-10-14;;;/h3*14H,2-10H2,1H3;1H3;;. The van der Waals surface area contributed by atoms with E-state index in [4.69, 9.17) is 14.2 Å². The Morgan fingerprint density at radius 2 is 0.614 bits per heavy atom. The molecule has 0 N–H and O–H groups in total. The van der Waals surface area contributed by atoms with Crippen LogP contribution in [0.4, 0.5) is 0 Å². The van der Waals surface area contributed by atoms with E-state index in [9.17, 15) is 14.4 Å². The van der Waals surface area contributed by atoms with E-state index in [1.807, 2.05) is 0 Å². The van der Waals surface area contributed by atoms with Crippen molar-refractivity contribution in [2.75, 3.05) is 37.1 Å². The Balaban J connectivity index is -0.000000265. The number of thiol groups is 3. The van der Waals surface area contributed by atoms with Crippen LogP contribution in [0.3, 0.4) is 0 Å². The number of rotatable bonds is 27. The summed E-state index contributed by atoms with van der Waals surface area (Å²) in [6.07, 6.45) is 23.4. The number of hydrogen-bond acceptors (Lipinski definition) is 9. The fraction of sp³-hybridized carbons (Fsp3) is 0.912. The van der Waals surface area contributed by atoms with Gasteiger partial charge in [-0.25, -0.2) is 0 Å². The molecule has 0 heterocycles. The molecule has 0 aromatic rings. The fourth-order valence-electron chi connectivity index (χ4n) is 3.84. The van der Waals surface area contributed by atoms with Gasteiger partial charge in [0, 0.05) is 36.5 Å². The predicted octanol–water partition coefficient (Wildman–Crippen LogP) is 9.57. The first-order valence-electron chi connectivity index (χ1n) is 17.3. The Labute approximate surface area is 302 Å². The van der Waals surface area contributed by atoms with E-state index in [0.29, 0.717) is 56.3 Å². The number of unbranched alkanes of at least 4 members (excludes halogenated alkanes) is 15. The van der Waals surface area contributed by atoms with Crippen LogP contribution in [0.1, 0.15) is 156 Å². The molecule has 0 aliphatic rings. The van der Waals surface area contributed by atoms with E-state index >= 15 is 0 Å². The molecule has 0 spiro atoms. The van der Waals surface area contributed by atoms with Crippen LogP contribution in [0.15, 0.2) is 0 Å². The topological polar surface area (TPSA) is 78.9 Å². The molecule has 2 radical (unpaired) electrons. The number of esters is 3. The Bertz CT molecular complexity index is 495. The van der Waals surface area contributed by atoms with E-state index < -0.39 is 0 Å². The van der Waals surface area contributed by atoms with E-state index in [2.05, 4.69) is 63.6 Å². The summed E-state index contributed by atoms with van der Waals surface area (Å²) >= 11 is 13.2. The first-order valence-corrected chi connectivity index (χ1v) is 22.5. The quantitative estimate of drug-likeness (QED) is 0.0253. The Kier molecular flexibility index (Phi) is 58.2. The maximum atomic E-state index is 11.0. The molecule has 0 rings (SSSR count). The molecule has 0 aromatic heterocycles. The number of carbonyl (C=O) groups excluding carboxylic acids is 3. The normalized spacial score (nSPS) is 9.82. The third-order valence-corrected chi connectivity index (χ3v) is 6.81. The molecule has 0 fully saturated rings. The molecule has 6 nitrogen and oxygen atoms in total. The summed E-state index contributed by atoms with van der Waals surface area (Å²) in [5.41, 5.74) is 0. The number of hydrogen-bond donors (Lipinski definition) is 3. The van der Waals surface area contributed by atoms with Crippen molar-refractivity contribution >= 4 is 78.3 Å². The van der Waals surface area contributed by atoms with Crippen molar-refractivity contribution in [1.29, 1.82) is 0 Å². The zero-order valence-electron chi connectivity index (χ0n) is 29.0. The van der Waals surface area contributed by atoms with Gasteiger partial charge in [0.15, 0.2) is 0 Å². The molecule has 0 aliphatic heterocycles. The summed E-state index contributed by atoms with van der Waals surface area (Å²) in [6, 6.07) is 0. The molecular weight excluding hydrogens is 719 g/mol. The summed E-state index contributed by atoms with van der Waals surface area (Å²) in [4.78, 5) is 35.2. The molecule has 44 heavy (non-hydrogen) atoms. The van der Waals surface area contributed by atoms with Crippen molar-refractivity contribution in [2.45, 2.75) is 161 Å². The summed E-state index contributed by atoms with van der Waals surface area (Å²) in [5.74, 6) is 1.62. The predicted molar refractivity (Wildman–Crippen MR) is 201 cm³/mol. The van der Waals surface area contributed by atoms with Crippen molar-refractivity contribution in [3.05, 3.63) is 0 Å². The molecule has 0 bridgehead atoms. The Hall–Kier alpha value is 0.259. The summed E-state index contributed by atoms with van der Waals surface area (Å²) < 4.78 is 14.7. The van der Waals surface area contributed by atoms with E-state index in [0.717, 1.165) is 38.5 Å². The third kappa shape index (κ3) is 54.7. The van der Waals surface area contributed by atoms with Gasteiger partial charge >= 0.3 is 45.4 Å². The third-order valence-electron chi connectivity index (χ3n) is 6.27. The molecule has 0 saturated heterocycles. The molecule has 0 amide bonds. The summed E-state index contributed by atoms with van der Waals surface area (Å²) in [5, 5.41) is 0. The van der Waals surface area contributed by atoms with E-state index in [1.54, 1.807) is 0 Å². The van der Waals surface area contributed by atoms with Crippen molar-refractivity contribution in [3.8, 4) is 0 Å². The molecule has 0 atom stereocenters. The van der Waals surface area contributed by atoms with Crippen molar-refractivity contribution in [1.82, 2.24) is 0 Å². The zero-order chi connectivity index (χ0) is 33.9. The molecule has 0 saturated carbocycles. The van der Waals surface area contributed by atoms with Gasteiger partial charge in [0.1, 0.15) is 19.8 Å². The Morgan fingerprint density at radius 3 is 0.818 bits per heavy atom. The van der Waals surface area contributed by atoms with Gasteiger partial charge in [-0.2, -0.15) is 37.9 Å². The van der Waals surface area contributed by atoms with Gasteiger partial charge < -0.3 is 14.2 Å². The van der Waals surface area contributed by atoms with Gasteiger partial charge in [0.2, 0.25) is 0 Å². The average Bonchev–Trinajstić information content (AvgIpc) is 3.04. The summed E-state index contributed by atoms with van der Waals surface area (Å²) in [6.45, 7) is 7.94. The number of ether oxygens (including phenoxy) is 3. The van der Waals surface area contributed by atoms with Crippen molar-refractivity contribution < 1.29 is 28.6 Å². The van der Waals surface area contributed by atoms with Crippen LogP contribution in [0, 0.1) is 0 Å². The first kappa shape index (κ1) is 51.1. The minimum absolute atomic E-state index is 0.0745. The van der Waals surface area contributed by atoms with Gasteiger partial charge in [-0.05, 0) is 19.3 Å². The second kappa shape index (κ2) is 50.1. The minimum atomic E-state index is -0.0745. The van der Waals surface area contributed by atoms with Gasteiger partial charge in [0.25, 0.3) is 0 Å². The van der Waals surface area contributed by atoms with E-state index in [1.165, 1.54) is 99.6 Å². The van der Waals surface area contributed by atoms with Crippen LogP contribution in [0.2, 0.25) is 4.94 Å². The second-order valence-corrected chi connectivity index (χ2v) is 11.7. The van der Waals surface area contributed by atoms with Crippen LogP contribution in [-0.4, -0.2) is 77.5 Å². The van der Waals surface area contributed by atoms with Crippen LogP contribution in [0.5, 0.6) is 0 Å². The molecule has 0 unspecified atom stereocenters. The van der Waals surface area contributed by atoms with Gasteiger partial charge in [-0.3, -0.25) is 14.4 Å². The Morgan fingerprint density at radius 1 is 0.409 bits per heavy atom. The SMILES string of the molecule is CCCCCCCCC(=O)OCCS.CCCCCCCCC(=O)OCCS.CCCCCCCCC(=O)OCCS.[CH3][SnH]. The maximum absolute atomic E-state index is 11.0. The molecular formula is C34H70O6S3Sn. The molecule has 0 aliphatic carbocycles. The van der Waals surface area contributed by atoms with Gasteiger partial charge in [0.05, 0.1) is 0 Å². The molecule has 0 aromatic carbocycles. The van der Waals surface area contributed by atoms with Gasteiger partial charge in [-0.15, -0.1) is 0 Å². The van der Waals surface area contributed by atoms with Crippen molar-refractivity contribution in [2.24, 2.45) is 0 Å². The van der Waals surface area contributed by atoms with Crippen LogP contribution < -0.4 is 0 Å². The van der Waals surface area contributed by atoms with Crippen LogP contribution in [-0.2, 0) is 28.6 Å². The molecule has 264 valence electrons. The van der Waals surface area contributed by atoms with Crippen LogP contribution >= 0.6 is 37.9 Å². The van der Waals surface area contributed by atoms with Crippen LogP contribution in [0.25, 0.3) is 0 Å². The number of carbonyl (C=O) groups is 3.